The van der Waals surface area contributed by atoms with E-state index in [1.54, 1.807) is 0 Å². The maximum atomic E-state index is 4.59. The Labute approximate surface area is 228 Å². The van der Waals surface area contributed by atoms with Crippen molar-refractivity contribution in [1.29, 1.82) is 0 Å². The normalized spacial score (nSPS) is 11.2. The molecule has 0 N–H and O–H groups in total. The summed E-state index contributed by atoms with van der Waals surface area (Å²) in [5.41, 5.74) is 10.3. The Hall–Kier alpha value is -5.08. The van der Waals surface area contributed by atoms with E-state index in [4.69, 9.17) is 0 Å². The fourth-order valence-corrected chi connectivity index (χ4v) is 5.59. The Morgan fingerprint density at radius 2 is 0.974 bits per heavy atom. The van der Waals surface area contributed by atoms with Gasteiger partial charge in [0.1, 0.15) is 0 Å². The van der Waals surface area contributed by atoms with E-state index < -0.39 is 0 Å². The molecule has 0 unspecified atom stereocenters. The van der Waals surface area contributed by atoms with Crippen LogP contribution < -0.4 is 0 Å². The second kappa shape index (κ2) is 9.66. The number of pyridine rings is 2. The summed E-state index contributed by atoms with van der Waals surface area (Å²) < 4.78 is 0. The van der Waals surface area contributed by atoms with E-state index in [-0.39, 0.29) is 0 Å². The number of fused-ring (bicyclic) bond motifs is 2. The van der Waals surface area contributed by atoms with Gasteiger partial charge in [0, 0.05) is 29.2 Å². The molecule has 5 aromatic carbocycles. The van der Waals surface area contributed by atoms with Crippen LogP contribution in [0.2, 0.25) is 0 Å². The second-order valence-electron chi connectivity index (χ2n) is 9.90. The summed E-state index contributed by atoms with van der Waals surface area (Å²) in [6, 6.07) is 45.5. The average molecular weight is 499 g/mol. The summed E-state index contributed by atoms with van der Waals surface area (Å²) in [7, 11) is 0. The zero-order chi connectivity index (χ0) is 26.2. The van der Waals surface area contributed by atoms with E-state index in [9.17, 15) is 0 Å². The van der Waals surface area contributed by atoms with Crippen LogP contribution in [0.4, 0.5) is 0 Å². The Kier molecular flexibility index (Phi) is 5.71. The lowest BCUT2D eigenvalue weighted by atomic mass is 9.85. The molecule has 0 aliphatic carbocycles. The molecule has 0 saturated heterocycles. The predicted molar refractivity (Wildman–Crippen MR) is 164 cm³/mol. The fourth-order valence-electron chi connectivity index (χ4n) is 5.59. The first-order valence-electron chi connectivity index (χ1n) is 13.2. The summed E-state index contributed by atoms with van der Waals surface area (Å²) in [6.07, 6.45) is 3.80. The van der Waals surface area contributed by atoms with E-state index in [0.29, 0.717) is 0 Å². The van der Waals surface area contributed by atoms with Gasteiger partial charge in [0.2, 0.25) is 0 Å². The molecule has 7 rings (SSSR count). The van der Waals surface area contributed by atoms with Crippen LogP contribution in [0.3, 0.4) is 0 Å². The van der Waals surface area contributed by atoms with Crippen LogP contribution in [0, 0.1) is 6.92 Å². The molecule has 0 atom stereocenters. The van der Waals surface area contributed by atoms with Gasteiger partial charge in [-0.05, 0) is 80.6 Å². The van der Waals surface area contributed by atoms with Crippen molar-refractivity contribution in [3.8, 4) is 44.6 Å². The van der Waals surface area contributed by atoms with Crippen LogP contribution in [-0.2, 0) is 0 Å². The molecule has 39 heavy (non-hydrogen) atoms. The number of hydrogen-bond acceptors (Lipinski definition) is 2. The van der Waals surface area contributed by atoms with Gasteiger partial charge in [-0.1, -0.05) is 103 Å². The molecule has 0 aliphatic heterocycles. The third-order valence-corrected chi connectivity index (χ3v) is 7.46. The highest BCUT2D eigenvalue weighted by molar-refractivity contribution is 6.21. The minimum Gasteiger partial charge on any atom is -0.261 e. The topological polar surface area (TPSA) is 25.8 Å². The van der Waals surface area contributed by atoms with E-state index >= 15 is 0 Å². The van der Waals surface area contributed by atoms with E-state index in [2.05, 4.69) is 125 Å². The Balaban J connectivity index is 1.45. The Morgan fingerprint density at radius 1 is 0.410 bits per heavy atom. The van der Waals surface area contributed by atoms with Crippen LogP contribution in [-0.4, -0.2) is 9.97 Å². The number of hydrogen-bond donors (Lipinski definition) is 0. The van der Waals surface area contributed by atoms with Crippen LogP contribution in [0.25, 0.3) is 66.2 Å². The summed E-state index contributed by atoms with van der Waals surface area (Å²) in [4.78, 5) is 9.07. The monoisotopic (exact) mass is 498 g/mol. The molecule has 2 heterocycles. The SMILES string of the molecule is Cc1ccc(-c2ccc(-c3c4ccccc4c(-c4cccc(-c5ccccn5)c4)c4ccccc34)cc2)cn1. The van der Waals surface area contributed by atoms with Crippen LogP contribution in [0.15, 0.2) is 140 Å². The molecule has 0 fully saturated rings. The molecule has 0 amide bonds. The van der Waals surface area contributed by atoms with Crippen molar-refractivity contribution >= 4 is 21.5 Å². The average Bonchev–Trinajstić information content (AvgIpc) is 3.01. The zero-order valence-electron chi connectivity index (χ0n) is 21.7. The van der Waals surface area contributed by atoms with Crippen molar-refractivity contribution in [2.75, 3.05) is 0 Å². The third kappa shape index (κ3) is 4.17. The van der Waals surface area contributed by atoms with Crippen molar-refractivity contribution in [3.05, 3.63) is 145 Å². The lowest BCUT2D eigenvalue weighted by molar-refractivity contribution is 1.20. The molecule has 0 spiro atoms. The maximum Gasteiger partial charge on any atom is 0.0702 e. The summed E-state index contributed by atoms with van der Waals surface area (Å²) in [5.74, 6) is 0. The summed E-state index contributed by atoms with van der Waals surface area (Å²) >= 11 is 0. The number of aromatic nitrogens is 2. The zero-order valence-corrected chi connectivity index (χ0v) is 21.7. The van der Waals surface area contributed by atoms with Crippen LogP contribution >= 0.6 is 0 Å². The van der Waals surface area contributed by atoms with Gasteiger partial charge in [-0.3, -0.25) is 9.97 Å². The summed E-state index contributed by atoms with van der Waals surface area (Å²) in [6.45, 7) is 2.02. The van der Waals surface area contributed by atoms with Gasteiger partial charge in [0.25, 0.3) is 0 Å². The Morgan fingerprint density at radius 3 is 1.56 bits per heavy atom. The minimum atomic E-state index is 0.980. The van der Waals surface area contributed by atoms with Crippen LogP contribution in [0.5, 0.6) is 0 Å². The quantitative estimate of drug-likeness (QED) is 0.226. The van der Waals surface area contributed by atoms with Crippen molar-refractivity contribution in [2.24, 2.45) is 0 Å². The molecule has 2 aromatic heterocycles. The second-order valence-corrected chi connectivity index (χ2v) is 9.90. The van der Waals surface area contributed by atoms with E-state index in [1.807, 2.05) is 31.5 Å². The van der Waals surface area contributed by atoms with Crippen molar-refractivity contribution in [2.45, 2.75) is 6.92 Å². The van der Waals surface area contributed by atoms with Gasteiger partial charge < -0.3 is 0 Å². The van der Waals surface area contributed by atoms with Gasteiger partial charge in [-0.15, -0.1) is 0 Å². The largest absolute Gasteiger partial charge is 0.261 e. The lowest BCUT2D eigenvalue weighted by Gasteiger charge is -2.18. The number of nitrogens with zero attached hydrogens (tertiary/aromatic N) is 2. The Bertz CT molecular complexity index is 1880. The highest BCUT2D eigenvalue weighted by Crippen LogP contribution is 2.44. The fraction of sp³-hybridized carbons (Fsp3) is 0.0270. The molecule has 2 nitrogen and oxygen atoms in total. The standard InChI is InChI=1S/C37H26N2/c1-25-16-17-30(24-39-25)26-18-20-27(21-19-26)36-31-11-2-4-13-33(31)37(34-14-5-3-12-32(34)36)29-10-8-9-28(23-29)35-15-6-7-22-38-35/h2-24H,1H3. The highest BCUT2D eigenvalue weighted by Gasteiger charge is 2.17. The molecular weight excluding hydrogens is 472 g/mol. The van der Waals surface area contributed by atoms with E-state index in [0.717, 1.165) is 22.5 Å². The number of benzene rings is 5. The summed E-state index contributed by atoms with van der Waals surface area (Å²) in [5, 5.41) is 4.99. The maximum absolute atomic E-state index is 4.59. The molecule has 0 bridgehead atoms. The van der Waals surface area contributed by atoms with Gasteiger partial charge in [-0.25, -0.2) is 0 Å². The number of rotatable bonds is 4. The predicted octanol–water partition coefficient (Wildman–Crippen LogP) is 9.76. The van der Waals surface area contributed by atoms with Gasteiger partial charge in [-0.2, -0.15) is 0 Å². The van der Waals surface area contributed by atoms with Crippen molar-refractivity contribution < 1.29 is 0 Å². The third-order valence-electron chi connectivity index (χ3n) is 7.46. The first-order valence-corrected chi connectivity index (χ1v) is 13.2. The van der Waals surface area contributed by atoms with Crippen molar-refractivity contribution in [3.63, 3.8) is 0 Å². The first kappa shape index (κ1) is 23.1. The molecule has 0 saturated carbocycles. The number of aryl methyl sites for hydroxylation is 1. The van der Waals surface area contributed by atoms with Gasteiger partial charge >= 0.3 is 0 Å². The highest BCUT2D eigenvalue weighted by atomic mass is 14.7. The minimum absolute atomic E-state index is 0.980. The smallest absolute Gasteiger partial charge is 0.0702 e. The van der Waals surface area contributed by atoms with Gasteiger partial charge in [0.15, 0.2) is 0 Å². The van der Waals surface area contributed by atoms with Gasteiger partial charge in [0.05, 0.1) is 5.69 Å². The molecule has 2 heteroatoms. The van der Waals surface area contributed by atoms with Crippen LogP contribution in [0.1, 0.15) is 5.69 Å². The molecule has 0 radical (unpaired) electrons. The molecular formula is C37H26N2. The molecule has 0 aliphatic rings. The first-order chi connectivity index (χ1) is 19.3. The lowest BCUT2D eigenvalue weighted by Crippen LogP contribution is -1.91. The molecule has 184 valence electrons. The van der Waals surface area contributed by atoms with E-state index in [1.165, 1.54) is 49.4 Å². The van der Waals surface area contributed by atoms with Crippen molar-refractivity contribution in [1.82, 2.24) is 9.97 Å². The molecule has 7 aromatic rings.